The maximum Gasteiger partial charge on any atom is 0.392 e. The Balaban J connectivity index is 1.49. The van der Waals surface area contributed by atoms with Gasteiger partial charge in [-0.15, -0.1) is 0 Å². The van der Waals surface area contributed by atoms with Crippen molar-refractivity contribution in [1.29, 1.82) is 0 Å². The van der Waals surface area contributed by atoms with Gasteiger partial charge in [-0.3, -0.25) is 14.6 Å². The van der Waals surface area contributed by atoms with Crippen LogP contribution in [0.15, 0.2) is 36.7 Å². The number of carbonyl (C=O) groups is 2. The highest BCUT2D eigenvalue weighted by molar-refractivity contribution is 5.94. The molecule has 30 heavy (non-hydrogen) atoms. The molecule has 0 aromatic carbocycles. The Labute approximate surface area is 171 Å². The van der Waals surface area contributed by atoms with Gasteiger partial charge in [0.2, 0.25) is 5.88 Å². The Hall–Kier alpha value is -2.97. The molecule has 1 aliphatic rings. The summed E-state index contributed by atoms with van der Waals surface area (Å²) in [5.41, 5.74) is 1.38. The standard InChI is InChI=1S/C21H22F3N3O3/c1-20(5-6-20)17(28)11-16-10-15(4-8-25-16)19(29)27-13-14-2-3-18(26-12-14)30-9-7-21(22,23)24/h2-4,8,10,12H,5-7,9,11,13H2,1H3,(H,27,29). The second-order valence-corrected chi connectivity index (χ2v) is 7.60. The zero-order valence-corrected chi connectivity index (χ0v) is 16.5. The lowest BCUT2D eigenvalue weighted by Crippen LogP contribution is -2.23. The Bertz CT molecular complexity index is 910. The number of aromatic nitrogens is 2. The fourth-order valence-electron chi connectivity index (χ4n) is 2.72. The topological polar surface area (TPSA) is 81.2 Å². The number of nitrogens with one attached hydrogen (secondary N) is 1. The van der Waals surface area contributed by atoms with Crippen LogP contribution in [0.25, 0.3) is 0 Å². The molecule has 2 aromatic rings. The third-order valence-corrected chi connectivity index (χ3v) is 4.98. The van der Waals surface area contributed by atoms with Crippen molar-refractivity contribution in [2.45, 2.75) is 45.3 Å². The maximum atomic E-state index is 12.4. The molecule has 0 bridgehead atoms. The van der Waals surface area contributed by atoms with Gasteiger partial charge in [-0.25, -0.2) is 4.98 Å². The van der Waals surface area contributed by atoms with E-state index in [2.05, 4.69) is 15.3 Å². The number of hydrogen-bond donors (Lipinski definition) is 1. The van der Waals surface area contributed by atoms with Gasteiger partial charge in [0.25, 0.3) is 5.91 Å². The van der Waals surface area contributed by atoms with E-state index in [1.807, 2.05) is 6.92 Å². The molecule has 0 unspecified atom stereocenters. The third kappa shape index (κ3) is 6.27. The number of carbonyl (C=O) groups excluding carboxylic acids is 2. The number of rotatable bonds is 9. The summed E-state index contributed by atoms with van der Waals surface area (Å²) in [5, 5.41) is 2.74. The predicted octanol–water partition coefficient (Wildman–Crippen LogP) is 3.65. The monoisotopic (exact) mass is 421 g/mol. The number of ether oxygens (including phenoxy) is 1. The second-order valence-electron chi connectivity index (χ2n) is 7.60. The Morgan fingerprint density at radius 2 is 1.97 bits per heavy atom. The minimum absolute atomic E-state index is 0.0853. The van der Waals surface area contributed by atoms with Crippen LogP contribution in [0.1, 0.15) is 47.8 Å². The first-order valence-corrected chi connectivity index (χ1v) is 9.56. The summed E-state index contributed by atoms with van der Waals surface area (Å²) < 4.78 is 41.3. The van der Waals surface area contributed by atoms with E-state index in [0.717, 1.165) is 12.8 Å². The van der Waals surface area contributed by atoms with Crippen LogP contribution in [-0.2, 0) is 17.8 Å². The second kappa shape index (κ2) is 8.81. The number of amides is 1. The molecular formula is C21H22F3N3O3. The van der Waals surface area contributed by atoms with E-state index in [4.69, 9.17) is 4.74 Å². The van der Waals surface area contributed by atoms with Gasteiger partial charge in [0.05, 0.1) is 13.0 Å². The van der Waals surface area contributed by atoms with Crippen molar-refractivity contribution in [1.82, 2.24) is 15.3 Å². The van der Waals surface area contributed by atoms with E-state index in [-0.39, 0.29) is 36.0 Å². The summed E-state index contributed by atoms with van der Waals surface area (Å²) in [4.78, 5) is 32.7. The van der Waals surface area contributed by atoms with Gasteiger partial charge >= 0.3 is 6.18 Å². The minimum atomic E-state index is -4.28. The molecule has 2 aromatic heterocycles. The molecule has 1 aliphatic carbocycles. The Kier molecular flexibility index (Phi) is 6.38. The summed E-state index contributed by atoms with van der Waals surface area (Å²) in [6.07, 6.45) is -0.404. The van der Waals surface area contributed by atoms with Gasteiger partial charge in [0.15, 0.2) is 0 Å². The van der Waals surface area contributed by atoms with Crippen LogP contribution < -0.4 is 10.1 Å². The molecule has 0 aliphatic heterocycles. The van der Waals surface area contributed by atoms with Crippen LogP contribution in [0.2, 0.25) is 0 Å². The van der Waals surface area contributed by atoms with E-state index >= 15 is 0 Å². The smallest absolute Gasteiger partial charge is 0.392 e. The largest absolute Gasteiger partial charge is 0.477 e. The fourth-order valence-corrected chi connectivity index (χ4v) is 2.72. The number of alkyl halides is 3. The van der Waals surface area contributed by atoms with Crippen molar-refractivity contribution < 1.29 is 27.5 Å². The highest BCUT2D eigenvalue weighted by atomic mass is 19.4. The average Bonchev–Trinajstić information content (AvgIpc) is 3.45. The van der Waals surface area contributed by atoms with Crippen molar-refractivity contribution >= 4 is 11.7 Å². The summed E-state index contributed by atoms with van der Waals surface area (Å²) in [5.74, 6) is -0.104. The summed E-state index contributed by atoms with van der Waals surface area (Å²) in [6, 6.07) is 6.24. The number of pyridine rings is 2. The van der Waals surface area contributed by atoms with Crippen LogP contribution in [0.3, 0.4) is 0 Å². The molecular weight excluding hydrogens is 399 g/mol. The normalized spacial score (nSPS) is 14.8. The third-order valence-electron chi connectivity index (χ3n) is 4.98. The zero-order chi connectivity index (χ0) is 21.8. The van der Waals surface area contributed by atoms with Gasteiger partial charge in [0.1, 0.15) is 5.78 Å². The van der Waals surface area contributed by atoms with Crippen molar-refractivity contribution in [2.75, 3.05) is 6.61 Å². The molecule has 6 nitrogen and oxygen atoms in total. The highest BCUT2D eigenvalue weighted by Gasteiger charge is 2.44. The predicted molar refractivity (Wildman–Crippen MR) is 102 cm³/mol. The molecule has 1 fully saturated rings. The van der Waals surface area contributed by atoms with E-state index in [1.165, 1.54) is 18.5 Å². The van der Waals surface area contributed by atoms with Crippen molar-refractivity contribution in [3.8, 4) is 5.88 Å². The van der Waals surface area contributed by atoms with Crippen LogP contribution >= 0.6 is 0 Å². The number of hydrogen-bond acceptors (Lipinski definition) is 5. The molecule has 0 radical (unpaired) electrons. The van der Waals surface area contributed by atoms with E-state index in [9.17, 15) is 22.8 Å². The number of ketones is 1. The summed E-state index contributed by atoms with van der Waals surface area (Å²) >= 11 is 0. The molecule has 0 saturated heterocycles. The Morgan fingerprint density at radius 1 is 1.20 bits per heavy atom. The first-order valence-electron chi connectivity index (χ1n) is 9.56. The molecule has 0 spiro atoms. The number of halogens is 3. The van der Waals surface area contributed by atoms with E-state index in [1.54, 1.807) is 18.2 Å². The van der Waals surface area contributed by atoms with Gasteiger partial charge < -0.3 is 10.1 Å². The maximum absolute atomic E-state index is 12.4. The lowest BCUT2D eigenvalue weighted by atomic mass is 9.99. The van der Waals surface area contributed by atoms with Gasteiger partial charge in [0, 0.05) is 48.1 Å². The lowest BCUT2D eigenvalue weighted by molar-refractivity contribution is -0.139. The first kappa shape index (κ1) is 21.7. The SMILES string of the molecule is CC1(C(=O)Cc2cc(C(=O)NCc3ccc(OCCC(F)(F)F)nc3)ccn2)CC1. The van der Waals surface area contributed by atoms with Gasteiger partial charge in [-0.2, -0.15) is 13.2 Å². The molecule has 1 amide bonds. The van der Waals surface area contributed by atoms with Crippen molar-refractivity contribution in [3.05, 3.63) is 53.5 Å². The van der Waals surface area contributed by atoms with Gasteiger partial charge in [-0.1, -0.05) is 13.0 Å². The van der Waals surface area contributed by atoms with Crippen LogP contribution in [0.5, 0.6) is 5.88 Å². The lowest BCUT2D eigenvalue weighted by Gasteiger charge is -2.10. The summed E-state index contributed by atoms with van der Waals surface area (Å²) in [6.45, 7) is 1.62. The highest BCUT2D eigenvalue weighted by Crippen LogP contribution is 2.46. The quantitative estimate of drug-likeness (QED) is 0.669. The van der Waals surface area contributed by atoms with Crippen molar-refractivity contribution in [2.24, 2.45) is 5.41 Å². The van der Waals surface area contributed by atoms with Gasteiger partial charge in [-0.05, 0) is 30.5 Å². The minimum Gasteiger partial charge on any atom is -0.477 e. The molecule has 9 heteroatoms. The van der Waals surface area contributed by atoms with Crippen LogP contribution in [-0.4, -0.2) is 34.4 Å². The summed E-state index contributed by atoms with van der Waals surface area (Å²) in [7, 11) is 0. The molecule has 2 heterocycles. The molecule has 0 atom stereocenters. The molecule has 1 N–H and O–H groups in total. The first-order chi connectivity index (χ1) is 14.1. The Morgan fingerprint density at radius 3 is 2.60 bits per heavy atom. The number of nitrogens with zero attached hydrogens (tertiary/aromatic N) is 2. The average molecular weight is 421 g/mol. The van der Waals surface area contributed by atoms with Crippen LogP contribution in [0, 0.1) is 5.41 Å². The molecule has 160 valence electrons. The van der Waals surface area contributed by atoms with Crippen molar-refractivity contribution in [3.63, 3.8) is 0 Å². The zero-order valence-electron chi connectivity index (χ0n) is 16.5. The van der Waals surface area contributed by atoms with E-state index in [0.29, 0.717) is 16.8 Å². The molecule has 3 rings (SSSR count). The van der Waals surface area contributed by atoms with Crippen LogP contribution in [0.4, 0.5) is 13.2 Å². The fraction of sp³-hybridized carbons (Fsp3) is 0.429. The number of Topliss-reactive ketones (excluding diaryl/α,β-unsaturated/α-hetero) is 1. The van der Waals surface area contributed by atoms with E-state index < -0.39 is 19.2 Å². The molecule has 1 saturated carbocycles.